The van der Waals surface area contributed by atoms with Crippen molar-refractivity contribution >= 4 is 0 Å². The summed E-state index contributed by atoms with van der Waals surface area (Å²) in [6.07, 6.45) is 12.6. The highest BCUT2D eigenvalue weighted by molar-refractivity contribution is 5.35. The fourth-order valence-electron chi connectivity index (χ4n) is 3.47. The van der Waals surface area contributed by atoms with Gasteiger partial charge < -0.3 is 10.2 Å². The summed E-state index contributed by atoms with van der Waals surface area (Å²) in [6.45, 7) is 3.92. The maximum Gasteiger partial charge on any atom is 0.118 e. The van der Waals surface area contributed by atoms with Crippen molar-refractivity contribution in [3.8, 4) is 11.5 Å². The Hall–Kier alpha value is -1.96. The van der Waals surface area contributed by atoms with Crippen LogP contribution in [0.25, 0.3) is 0 Å². The summed E-state index contributed by atoms with van der Waals surface area (Å²) in [5.41, 5.74) is 4.63. The highest BCUT2D eigenvalue weighted by atomic mass is 16.3. The summed E-state index contributed by atoms with van der Waals surface area (Å²) in [5, 5.41) is 19.1. The smallest absolute Gasteiger partial charge is 0.118 e. The predicted octanol–water partition coefficient (Wildman–Crippen LogP) is 6.62. The third-order valence-electron chi connectivity index (χ3n) is 5.20. The molecule has 2 rings (SSSR count). The Labute approximate surface area is 158 Å². The number of unbranched alkanes of at least 4 members (excludes halogenated alkanes) is 7. The monoisotopic (exact) mass is 354 g/mol. The van der Waals surface area contributed by atoms with Crippen LogP contribution in [0.2, 0.25) is 0 Å². The number of phenols is 2. The number of phenolic OH excluding ortho intramolecular Hbond substituents is 2. The lowest BCUT2D eigenvalue weighted by Gasteiger charge is -2.06. The van der Waals surface area contributed by atoms with Gasteiger partial charge in [-0.2, -0.15) is 0 Å². The van der Waals surface area contributed by atoms with Gasteiger partial charge in [0, 0.05) is 0 Å². The van der Waals surface area contributed by atoms with Crippen LogP contribution in [0, 0.1) is 13.8 Å². The molecule has 0 heterocycles. The zero-order chi connectivity index (χ0) is 18.8. The van der Waals surface area contributed by atoms with Gasteiger partial charge in [0.2, 0.25) is 0 Å². The first-order chi connectivity index (χ1) is 12.6. The van der Waals surface area contributed by atoms with Crippen molar-refractivity contribution in [2.45, 2.75) is 78.1 Å². The van der Waals surface area contributed by atoms with E-state index in [1.165, 1.54) is 62.5 Å². The van der Waals surface area contributed by atoms with E-state index >= 15 is 0 Å². The van der Waals surface area contributed by atoms with Gasteiger partial charge in [0.25, 0.3) is 0 Å². The maximum absolute atomic E-state index is 9.55. The Morgan fingerprint density at radius 1 is 0.538 bits per heavy atom. The van der Waals surface area contributed by atoms with Crippen molar-refractivity contribution in [3.05, 3.63) is 58.7 Å². The van der Waals surface area contributed by atoms with Crippen molar-refractivity contribution in [3.63, 3.8) is 0 Å². The van der Waals surface area contributed by atoms with E-state index in [2.05, 4.69) is 12.1 Å². The topological polar surface area (TPSA) is 40.5 Å². The first-order valence-corrected chi connectivity index (χ1v) is 10.1. The highest BCUT2D eigenvalue weighted by Gasteiger charge is 2.00. The van der Waals surface area contributed by atoms with Gasteiger partial charge in [-0.05, 0) is 73.9 Å². The molecule has 0 aliphatic heterocycles. The number of aryl methyl sites for hydroxylation is 4. The molecule has 2 aromatic carbocycles. The van der Waals surface area contributed by atoms with E-state index < -0.39 is 0 Å². The second kappa shape index (κ2) is 10.9. The van der Waals surface area contributed by atoms with Crippen LogP contribution in [-0.4, -0.2) is 10.2 Å². The van der Waals surface area contributed by atoms with Crippen LogP contribution >= 0.6 is 0 Å². The molecule has 0 atom stereocenters. The van der Waals surface area contributed by atoms with Gasteiger partial charge >= 0.3 is 0 Å². The second-order valence-electron chi connectivity index (χ2n) is 7.57. The van der Waals surface area contributed by atoms with E-state index in [0.717, 1.165) is 24.0 Å². The van der Waals surface area contributed by atoms with Crippen molar-refractivity contribution in [1.29, 1.82) is 0 Å². The van der Waals surface area contributed by atoms with Crippen LogP contribution in [0.1, 0.15) is 73.6 Å². The van der Waals surface area contributed by atoms with Crippen LogP contribution in [-0.2, 0) is 12.8 Å². The molecule has 26 heavy (non-hydrogen) atoms. The van der Waals surface area contributed by atoms with Crippen molar-refractivity contribution in [2.24, 2.45) is 0 Å². The molecular weight excluding hydrogens is 320 g/mol. The molecule has 0 aromatic heterocycles. The standard InChI is InChI=1S/C24H34O2/c1-19-17-21(13-15-23(19)25)11-9-7-5-3-4-6-8-10-12-22-14-16-24(26)20(2)18-22/h13-18,25-26H,3-12H2,1-2H3. The fraction of sp³-hybridized carbons (Fsp3) is 0.500. The number of hydrogen-bond acceptors (Lipinski definition) is 2. The molecule has 0 unspecified atom stereocenters. The van der Waals surface area contributed by atoms with Gasteiger partial charge in [-0.1, -0.05) is 62.8 Å². The van der Waals surface area contributed by atoms with E-state index in [4.69, 9.17) is 0 Å². The molecule has 2 heteroatoms. The minimum atomic E-state index is 0.397. The van der Waals surface area contributed by atoms with Crippen LogP contribution in [0.15, 0.2) is 36.4 Å². The number of aromatic hydroxyl groups is 2. The van der Waals surface area contributed by atoms with Crippen LogP contribution in [0.5, 0.6) is 11.5 Å². The summed E-state index contributed by atoms with van der Waals surface area (Å²) in [7, 11) is 0. The first kappa shape index (κ1) is 20.4. The number of rotatable bonds is 11. The molecule has 0 amide bonds. The van der Waals surface area contributed by atoms with E-state index in [9.17, 15) is 10.2 Å². The number of hydrogen-bond donors (Lipinski definition) is 2. The molecule has 0 bridgehead atoms. The normalized spacial score (nSPS) is 11.0. The van der Waals surface area contributed by atoms with E-state index in [1.807, 2.05) is 38.1 Å². The molecule has 2 N–H and O–H groups in total. The molecule has 0 aliphatic carbocycles. The van der Waals surface area contributed by atoms with Crippen molar-refractivity contribution in [1.82, 2.24) is 0 Å². The summed E-state index contributed by atoms with van der Waals surface area (Å²) in [5.74, 6) is 0.795. The summed E-state index contributed by atoms with van der Waals surface area (Å²) >= 11 is 0. The Balaban J connectivity index is 1.45. The third kappa shape index (κ3) is 7.11. The largest absolute Gasteiger partial charge is 0.508 e. The zero-order valence-electron chi connectivity index (χ0n) is 16.4. The van der Waals surface area contributed by atoms with Crippen molar-refractivity contribution < 1.29 is 10.2 Å². The van der Waals surface area contributed by atoms with Gasteiger partial charge in [0.1, 0.15) is 11.5 Å². The molecule has 2 aromatic rings. The lowest BCUT2D eigenvalue weighted by atomic mass is 10.0. The van der Waals surface area contributed by atoms with Gasteiger partial charge in [-0.15, -0.1) is 0 Å². The number of benzene rings is 2. The van der Waals surface area contributed by atoms with Gasteiger partial charge in [0.15, 0.2) is 0 Å². The summed E-state index contributed by atoms with van der Waals surface area (Å²) in [4.78, 5) is 0. The minimum absolute atomic E-state index is 0.397. The average Bonchev–Trinajstić information content (AvgIpc) is 2.62. The summed E-state index contributed by atoms with van der Waals surface area (Å²) < 4.78 is 0. The Kier molecular flexibility index (Phi) is 8.53. The molecule has 142 valence electrons. The Bertz CT molecular complexity index is 616. The van der Waals surface area contributed by atoms with Gasteiger partial charge in [-0.25, -0.2) is 0 Å². The SMILES string of the molecule is Cc1cc(CCCCCCCCCCc2ccc(O)c(C)c2)ccc1O. The maximum atomic E-state index is 9.55. The molecule has 2 nitrogen and oxygen atoms in total. The molecule has 0 fully saturated rings. The molecule has 0 saturated heterocycles. The summed E-state index contributed by atoms with van der Waals surface area (Å²) in [6, 6.07) is 11.9. The lowest BCUT2D eigenvalue weighted by molar-refractivity contribution is 0.470. The minimum Gasteiger partial charge on any atom is -0.508 e. The van der Waals surface area contributed by atoms with Crippen LogP contribution < -0.4 is 0 Å². The molecule has 0 radical (unpaired) electrons. The molecule has 0 saturated carbocycles. The molecule has 0 aliphatic rings. The van der Waals surface area contributed by atoms with Gasteiger partial charge in [0.05, 0.1) is 0 Å². The third-order valence-corrected chi connectivity index (χ3v) is 5.20. The van der Waals surface area contributed by atoms with E-state index in [0.29, 0.717) is 11.5 Å². The van der Waals surface area contributed by atoms with Crippen molar-refractivity contribution in [2.75, 3.05) is 0 Å². The second-order valence-corrected chi connectivity index (χ2v) is 7.57. The Morgan fingerprint density at radius 3 is 1.23 bits per heavy atom. The van der Waals surface area contributed by atoms with Crippen LogP contribution in [0.3, 0.4) is 0 Å². The predicted molar refractivity (Wildman–Crippen MR) is 110 cm³/mol. The Morgan fingerprint density at radius 2 is 0.885 bits per heavy atom. The molecule has 0 spiro atoms. The lowest BCUT2D eigenvalue weighted by Crippen LogP contribution is -1.89. The zero-order valence-corrected chi connectivity index (χ0v) is 16.4. The van der Waals surface area contributed by atoms with Gasteiger partial charge in [-0.3, -0.25) is 0 Å². The quantitative estimate of drug-likeness (QED) is 0.445. The van der Waals surface area contributed by atoms with E-state index in [1.54, 1.807) is 0 Å². The first-order valence-electron chi connectivity index (χ1n) is 10.1. The average molecular weight is 355 g/mol. The fourth-order valence-corrected chi connectivity index (χ4v) is 3.47. The van der Waals surface area contributed by atoms with E-state index in [-0.39, 0.29) is 0 Å². The highest BCUT2D eigenvalue weighted by Crippen LogP contribution is 2.20. The molecular formula is C24H34O2. The van der Waals surface area contributed by atoms with Crippen LogP contribution in [0.4, 0.5) is 0 Å².